The molecule has 4 rings (SSSR count). The Hall–Kier alpha value is -1.96. The van der Waals surface area contributed by atoms with Crippen LogP contribution in [0.1, 0.15) is 24.4 Å². The molecule has 0 saturated carbocycles. The molecule has 2 aromatic heterocycles. The van der Waals surface area contributed by atoms with Crippen LogP contribution in [0.5, 0.6) is 0 Å². The fourth-order valence-electron chi connectivity index (χ4n) is 2.94. The van der Waals surface area contributed by atoms with Gasteiger partial charge in [0.15, 0.2) is 0 Å². The van der Waals surface area contributed by atoms with Crippen molar-refractivity contribution in [2.24, 2.45) is 10.1 Å². The van der Waals surface area contributed by atoms with Crippen LogP contribution in [0.3, 0.4) is 0 Å². The minimum absolute atomic E-state index is 0.216. The van der Waals surface area contributed by atoms with E-state index in [9.17, 15) is 0 Å². The van der Waals surface area contributed by atoms with Crippen molar-refractivity contribution in [2.75, 3.05) is 13.2 Å². The van der Waals surface area contributed by atoms with Gasteiger partial charge in [0, 0.05) is 22.0 Å². The van der Waals surface area contributed by atoms with E-state index in [-0.39, 0.29) is 6.10 Å². The zero-order valence-electron chi connectivity index (χ0n) is 15.0. The third-order valence-corrected chi connectivity index (χ3v) is 5.72. The molecule has 1 fully saturated rings. The lowest BCUT2D eigenvalue weighted by molar-refractivity contribution is 0.117. The van der Waals surface area contributed by atoms with Crippen molar-refractivity contribution in [3.63, 3.8) is 0 Å². The summed E-state index contributed by atoms with van der Waals surface area (Å²) in [5, 5.41) is 6.74. The molecule has 3 aromatic rings. The summed E-state index contributed by atoms with van der Waals surface area (Å²) in [5.74, 6) is 1.58. The number of ether oxygens (including phenoxy) is 1. The van der Waals surface area contributed by atoms with E-state index in [1.165, 1.54) is 0 Å². The number of aryl methyl sites for hydroxylation is 1. The third-order valence-electron chi connectivity index (χ3n) is 4.34. The molecule has 5 nitrogen and oxygen atoms in total. The van der Waals surface area contributed by atoms with Crippen LogP contribution in [-0.4, -0.2) is 30.1 Å². The first-order valence-corrected chi connectivity index (χ1v) is 10.6. The molecule has 140 valence electrons. The van der Waals surface area contributed by atoms with Crippen LogP contribution >= 0.6 is 27.3 Å². The first-order chi connectivity index (χ1) is 13.2. The summed E-state index contributed by atoms with van der Waals surface area (Å²) in [6, 6.07) is 12.0. The highest BCUT2D eigenvalue weighted by Gasteiger charge is 2.15. The highest BCUT2D eigenvalue weighted by atomic mass is 79.9. The molecule has 1 aromatic carbocycles. The highest BCUT2D eigenvalue weighted by Crippen LogP contribution is 2.22. The summed E-state index contributed by atoms with van der Waals surface area (Å²) in [6.45, 7) is 3.42. The molecule has 3 heterocycles. The Bertz CT molecular complexity index is 995. The molecule has 27 heavy (non-hydrogen) atoms. The molecule has 1 aliphatic rings. The molecule has 0 spiro atoms. The van der Waals surface area contributed by atoms with Gasteiger partial charge in [0.05, 0.1) is 24.6 Å². The van der Waals surface area contributed by atoms with Crippen molar-refractivity contribution in [3.8, 4) is 11.3 Å². The van der Waals surface area contributed by atoms with Gasteiger partial charge in [0.25, 0.3) is 0 Å². The zero-order chi connectivity index (χ0) is 18.6. The van der Waals surface area contributed by atoms with Gasteiger partial charge in [-0.05, 0) is 44.0 Å². The summed E-state index contributed by atoms with van der Waals surface area (Å²) < 4.78 is 14.2. The molecule has 1 atom stereocenters. The van der Waals surface area contributed by atoms with Gasteiger partial charge in [-0.25, -0.2) is 4.68 Å². The maximum absolute atomic E-state index is 5.69. The van der Waals surface area contributed by atoms with Gasteiger partial charge in [0.2, 0.25) is 4.80 Å². The normalized spacial score (nSPS) is 18.0. The largest absolute Gasteiger partial charge is 0.460 e. The van der Waals surface area contributed by atoms with Gasteiger partial charge >= 0.3 is 0 Å². The highest BCUT2D eigenvalue weighted by molar-refractivity contribution is 9.10. The van der Waals surface area contributed by atoms with Crippen molar-refractivity contribution >= 4 is 33.5 Å². The van der Waals surface area contributed by atoms with Crippen molar-refractivity contribution in [1.29, 1.82) is 0 Å². The standard InChI is InChI=1S/C20H20BrN3O2S/c1-14-4-9-18(26-14)12-23-24-19(15-5-7-16(21)8-6-15)13-27-20(24)22-11-17-3-2-10-25-17/h4-9,12-13,17H,2-3,10-11H2,1H3. The number of nitrogens with zero attached hydrogens (tertiary/aromatic N) is 3. The van der Waals surface area contributed by atoms with Gasteiger partial charge in [0.1, 0.15) is 11.5 Å². The molecule has 0 aliphatic carbocycles. The Morgan fingerprint density at radius 1 is 1.26 bits per heavy atom. The maximum atomic E-state index is 5.69. The second kappa shape index (κ2) is 8.37. The molecular formula is C20H20BrN3O2S. The molecule has 1 saturated heterocycles. The lowest BCUT2D eigenvalue weighted by Crippen LogP contribution is -2.17. The summed E-state index contributed by atoms with van der Waals surface area (Å²) in [5.41, 5.74) is 2.08. The second-order valence-electron chi connectivity index (χ2n) is 6.39. The van der Waals surface area contributed by atoms with E-state index in [0.717, 1.165) is 51.5 Å². The molecule has 1 aliphatic heterocycles. The SMILES string of the molecule is Cc1ccc(C=Nn2c(-c3ccc(Br)cc3)csc2=NCC2CCCO2)o1. The Morgan fingerprint density at radius 2 is 2.11 bits per heavy atom. The lowest BCUT2D eigenvalue weighted by atomic mass is 10.2. The fourth-order valence-corrected chi connectivity index (χ4v) is 4.06. The molecule has 7 heteroatoms. The Kier molecular flexibility index (Phi) is 5.71. The molecule has 0 amide bonds. The van der Waals surface area contributed by atoms with Crippen molar-refractivity contribution in [1.82, 2.24) is 4.68 Å². The second-order valence-corrected chi connectivity index (χ2v) is 8.14. The van der Waals surface area contributed by atoms with Crippen LogP contribution in [0.15, 0.2) is 60.8 Å². The number of rotatable bonds is 5. The van der Waals surface area contributed by atoms with Gasteiger partial charge in [-0.2, -0.15) is 5.10 Å². The third kappa shape index (κ3) is 4.48. The topological polar surface area (TPSA) is 52.0 Å². The molecule has 0 radical (unpaired) electrons. The Morgan fingerprint density at radius 3 is 2.81 bits per heavy atom. The molecule has 0 bridgehead atoms. The van der Waals surface area contributed by atoms with Gasteiger partial charge in [-0.3, -0.25) is 4.99 Å². The van der Waals surface area contributed by atoms with E-state index < -0.39 is 0 Å². The maximum Gasteiger partial charge on any atom is 0.206 e. The summed E-state index contributed by atoms with van der Waals surface area (Å²) in [4.78, 5) is 5.62. The van der Waals surface area contributed by atoms with Crippen LogP contribution in [0.4, 0.5) is 0 Å². The number of aromatic nitrogens is 1. The van der Waals surface area contributed by atoms with Crippen LogP contribution < -0.4 is 4.80 Å². The van der Waals surface area contributed by atoms with Gasteiger partial charge in [-0.1, -0.05) is 28.1 Å². The monoisotopic (exact) mass is 445 g/mol. The van der Waals surface area contributed by atoms with E-state index >= 15 is 0 Å². The van der Waals surface area contributed by atoms with Crippen molar-refractivity contribution < 1.29 is 9.15 Å². The average molecular weight is 446 g/mol. The summed E-state index contributed by atoms with van der Waals surface area (Å²) in [6.07, 6.45) is 4.13. The molecular weight excluding hydrogens is 426 g/mol. The number of benzene rings is 1. The summed E-state index contributed by atoms with van der Waals surface area (Å²) in [7, 11) is 0. The Balaban J connectivity index is 1.71. The zero-order valence-corrected chi connectivity index (χ0v) is 17.4. The van der Waals surface area contributed by atoms with E-state index in [2.05, 4.69) is 38.5 Å². The number of thiazole rings is 1. The van der Waals surface area contributed by atoms with Crippen LogP contribution in [-0.2, 0) is 4.74 Å². The Labute approximate surface area is 170 Å². The molecule has 0 N–H and O–H groups in total. The first-order valence-electron chi connectivity index (χ1n) is 8.88. The number of hydrogen-bond acceptors (Lipinski definition) is 5. The number of furan rings is 1. The van der Waals surface area contributed by atoms with Crippen LogP contribution in [0, 0.1) is 6.92 Å². The number of halogens is 1. The van der Waals surface area contributed by atoms with E-state index in [1.807, 2.05) is 35.9 Å². The quantitative estimate of drug-likeness (QED) is 0.527. The van der Waals surface area contributed by atoms with Crippen LogP contribution in [0.2, 0.25) is 0 Å². The predicted molar refractivity (Wildman–Crippen MR) is 111 cm³/mol. The van der Waals surface area contributed by atoms with Crippen molar-refractivity contribution in [2.45, 2.75) is 25.9 Å². The number of hydrogen-bond donors (Lipinski definition) is 0. The fraction of sp³-hybridized carbons (Fsp3) is 0.300. The van der Waals surface area contributed by atoms with Gasteiger partial charge in [-0.15, -0.1) is 11.3 Å². The first kappa shape index (κ1) is 18.4. The van der Waals surface area contributed by atoms with E-state index in [1.54, 1.807) is 17.6 Å². The predicted octanol–water partition coefficient (Wildman–Crippen LogP) is 4.84. The minimum atomic E-state index is 0.216. The van der Waals surface area contributed by atoms with Crippen LogP contribution in [0.25, 0.3) is 11.3 Å². The average Bonchev–Trinajstić information content (AvgIpc) is 3.40. The van der Waals surface area contributed by atoms with E-state index in [0.29, 0.717) is 6.54 Å². The van der Waals surface area contributed by atoms with E-state index in [4.69, 9.17) is 14.1 Å². The lowest BCUT2D eigenvalue weighted by Gasteiger charge is -2.05. The van der Waals surface area contributed by atoms with Gasteiger partial charge < -0.3 is 9.15 Å². The minimum Gasteiger partial charge on any atom is -0.460 e. The van der Waals surface area contributed by atoms with Crippen molar-refractivity contribution in [3.05, 3.63) is 62.6 Å². The summed E-state index contributed by atoms with van der Waals surface area (Å²) >= 11 is 5.07. The smallest absolute Gasteiger partial charge is 0.206 e. The molecule has 1 unspecified atom stereocenters.